The van der Waals surface area contributed by atoms with Crippen molar-refractivity contribution < 1.29 is 14.6 Å². The summed E-state index contributed by atoms with van der Waals surface area (Å²) in [7, 11) is 1.66. The summed E-state index contributed by atoms with van der Waals surface area (Å²) in [5.74, 6) is 0.256. The van der Waals surface area contributed by atoms with E-state index in [4.69, 9.17) is 4.74 Å². The average molecular weight is 208 g/mol. The number of ether oxygens (including phenoxy) is 1. The molecule has 0 aromatic rings. The van der Waals surface area contributed by atoms with Gasteiger partial charge in [0.05, 0.1) is 12.2 Å². The number of carbonyl (C=O) groups is 1. The molecule has 0 saturated heterocycles. The molecule has 0 aromatic carbocycles. The van der Waals surface area contributed by atoms with E-state index in [1.807, 2.05) is 0 Å². The first-order valence-electron chi connectivity index (χ1n) is 5.67. The Morgan fingerprint density at radius 3 is 3.13 bits per heavy atom. The first-order valence-corrected chi connectivity index (χ1v) is 5.67. The van der Waals surface area contributed by atoms with Crippen molar-refractivity contribution in [3.63, 3.8) is 0 Å². The van der Waals surface area contributed by atoms with E-state index < -0.39 is 0 Å². The molecule has 3 aliphatic carbocycles. The van der Waals surface area contributed by atoms with Crippen LogP contribution in [0.15, 0.2) is 11.6 Å². The van der Waals surface area contributed by atoms with Crippen LogP contribution < -0.4 is 0 Å². The fourth-order valence-electron chi connectivity index (χ4n) is 3.91. The molecule has 3 rings (SSSR count). The largest absolute Gasteiger partial charge is 0.392 e. The zero-order valence-corrected chi connectivity index (χ0v) is 8.90. The van der Waals surface area contributed by atoms with Crippen LogP contribution in [0.25, 0.3) is 0 Å². The highest BCUT2D eigenvalue weighted by Gasteiger charge is 2.62. The van der Waals surface area contributed by atoms with E-state index in [9.17, 15) is 9.90 Å². The molecule has 3 aliphatic rings. The normalized spacial score (nSPS) is 48.0. The quantitative estimate of drug-likeness (QED) is 0.701. The van der Waals surface area contributed by atoms with E-state index in [-0.39, 0.29) is 29.3 Å². The van der Waals surface area contributed by atoms with Crippen LogP contribution in [0.2, 0.25) is 0 Å². The van der Waals surface area contributed by atoms with Crippen molar-refractivity contribution in [3.8, 4) is 0 Å². The summed E-state index contributed by atoms with van der Waals surface area (Å²) in [6, 6.07) is 0. The Morgan fingerprint density at radius 2 is 2.40 bits per heavy atom. The van der Waals surface area contributed by atoms with Gasteiger partial charge in [0, 0.05) is 24.9 Å². The topological polar surface area (TPSA) is 46.5 Å². The van der Waals surface area contributed by atoms with Crippen LogP contribution in [0.4, 0.5) is 0 Å². The summed E-state index contributed by atoms with van der Waals surface area (Å²) >= 11 is 0. The van der Waals surface area contributed by atoms with Gasteiger partial charge in [-0.3, -0.25) is 4.79 Å². The van der Waals surface area contributed by atoms with Crippen molar-refractivity contribution in [3.05, 3.63) is 11.6 Å². The van der Waals surface area contributed by atoms with Crippen LogP contribution >= 0.6 is 0 Å². The molecular formula is C12H16O3. The zero-order valence-electron chi connectivity index (χ0n) is 8.90. The maximum Gasteiger partial charge on any atom is 0.159 e. The Morgan fingerprint density at radius 1 is 1.60 bits per heavy atom. The zero-order chi connectivity index (χ0) is 10.6. The van der Waals surface area contributed by atoms with Crippen LogP contribution in [0.1, 0.15) is 25.7 Å². The van der Waals surface area contributed by atoms with Gasteiger partial charge < -0.3 is 9.84 Å². The van der Waals surface area contributed by atoms with E-state index in [0.29, 0.717) is 6.42 Å². The number of rotatable bonds is 1. The molecule has 0 radical (unpaired) electrons. The molecule has 0 amide bonds. The lowest BCUT2D eigenvalue weighted by Gasteiger charge is -2.30. The third-order valence-corrected chi connectivity index (χ3v) is 4.55. The summed E-state index contributed by atoms with van der Waals surface area (Å²) in [6.45, 7) is 0. The minimum Gasteiger partial charge on any atom is -0.392 e. The van der Waals surface area contributed by atoms with Crippen molar-refractivity contribution in [2.75, 3.05) is 7.11 Å². The van der Waals surface area contributed by atoms with Crippen LogP contribution in [0, 0.1) is 11.3 Å². The van der Waals surface area contributed by atoms with Crippen LogP contribution in [-0.4, -0.2) is 30.2 Å². The second kappa shape index (κ2) is 2.92. The fraction of sp³-hybridized carbons (Fsp3) is 0.750. The Bertz CT molecular complexity index is 347. The average Bonchev–Trinajstić information content (AvgIpc) is 2.82. The molecular weight excluding hydrogens is 192 g/mol. The predicted molar refractivity (Wildman–Crippen MR) is 54.3 cm³/mol. The third-order valence-electron chi connectivity index (χ3n) is 4.55. The van der Waals surface area contributed by atoms with Gasteiger partial charge in [-0.1, -0.05) is 6.42 Å². The maximum atomic E-state index is 11.8. The lowest BCUT2D eigenvalue weighted by molar-refractivity contribution is -0.120. The van der Waals surface area contributed by atoms with Crippen molar-refractivity contribution in [2.45, 2.75) is 37.9 Å². The van der Waals surface area contributed by atoms with Gasteiger partial charge in [0.15, 0.2) is 5.78 Å². The van der Waals surface area contributed by atoms with Crippen molar-refractivity contribution in [1.82, 2.24) is 0 Å². The van der Waals surface area contributed by atoms with Gasteiger partial charge in [0.25, 0.3) is 0 Å². The lowest BCUT2D eigenvalue weighted by Crippen LogP contribution is -2.34. The number of aliphatic hydroxyl groups is 1. The number of aliphatic hydroxyl groups excluding tert-OH is 1. The Balaban J connectivity index is 2.09. The van der Waals surface area contributed by atoms with Gasteiger partial charge in [-0.25, -0.2) is 0 Å². The maximum absolute atomic E-state index is 11.8. The molecule has 1 N–H and O–H groups in total. The monoisotopic (exact) mass is 208 g/mol. The SMILES string of the molecule is CO[C@H]1C[C@H](O)[C@@]23CCC[C@@H]2C(=O)C=C13. The Hall–Kier alpha value is -0.670. The number of ketones is 1. The Kier molecular flexibility index (Phi) is 1.86. The number of hydrogen-bond acceptors (Lipinski definition) is 3. The first kappa shape index (κ1) is 9.55. The number of methoxy groups -OCH3 is 1. The molecule has 15 heavy (non-hydrogen) atoms. The second-order valence-corrected chi connectivity index (χ2v) is 4.96. The highest BCUT2D eigenvalue weighted by molar-refractivity contribution is 5.97. The molecule has 3 nitrogen and oxygen atoms in total. The molecule has 0 aliphatic heterocycles. The van der Waals surface area contributed by atoms with Gasteiger partial charge >= 0.3 is 0 Å². The van der Waals surface area contributed by atoms with Gasteiger partial charge in [0.1, 0.15) is 0 Å². The van der Waals surface area contributed by atoms with Crippen molar-refractivity contribution in [2.24, 2.45) is 11.3 Å². The van der Waals surface area contributed by atoms with Gasteiger partial charge in [-0.15, -0.1) is 0 Å². The number of allylic oxidation sites excluding steroid dienone is 1. The minimum absolute atomic E-state index is 0.0351. The van der Waals surface area contributed by atoms with E-state index in [1.165, 1.54) is 0 Å². The van der Waals surface area contributed by atoms with Gasteiger partial charge in [-0.05, 0) is 24.5 Å². The molecule has 3 heteroatoms. The first-order chi connectivity index (χ1) is 7.20. The third kappa shape index (κ3) is 0.955. The van der Waals surface area contributed by atoms with E-state index >= 15 is 0 Å². The molecule has 2 saturated carbocycles. The van der Waals surface area contributed by atoms with Gasteiger partial charge in [0.2, 0.25) is 0 Å². The smallest absolute Gasteiger partial charge is 0.159 e. The van der Waals surface area contributed by atoms with Crippen molar-refractivity contribution >= 4 is 5.78 Å². The summed E-state index contributed by atoms with van der Waals surface area (Å²) < 4.78 is 5.37. The van der Waals surface area contributed by atoms with E-state index in [2.05, 4.69) is 0 Å². The summed E-state index contributed by atoms with van der Waals surface area (Å²) in [6.07, 6.45) is 4.93. The Labute approximate surface area is 89.1 Å². The van der Waals surface area contributed by atoms with Crippen LogP contribution in [0.3, 0.4) is 0 Å². The van der Waals surface area contributed by atoms with E-state index in [0.717, 1.165) is 24.8 Å². The molecule has 0 heterocycles. The lowest BCUT2D eigenvalue weighted by atomic mass is 9.75. The van der Waals surface area contributed by atoms with E-state index in [1.54, 1.807) is 13.2 Å². The minimum atomic E-state index is -0.382. The highest BCUT2D eigenvalue weighted by Crippen LogP contribution is 2.61. The number of hydrogen-bond donors (Lipinski definition) is 1. The predicted octanol–water partition coefficient (Wildman–Crippen LogP) is 1.06. The standard InChI is InChI=1S/C12H16O3/c1-15-10-6-11(14)12-4-2-3-7(12)9(13)5-8(10)12/h5,7,10-11,14H,2-4,6H2,1H3/t7-,10+,11+,12+/m1/s1. The molecule has 2 fully saturated rings. The molecule has 0 aromatic heterocycles. The molecule has 1 spiro atoms. The van der Waals surface area contributed by atoms with Gasteiger partial charge in [-0.2, -0.15) is 0 Å². The molecule has 4 atom stereocenters. The van der Waals surface area contributed by atoms with Crippen LogP contribution in [0.5, 0.6) is 0 Å². The fourth-order valence-corrected chi connectivity index (χ4v) is 3.91. The van der Waals surface area contributed by atoms with Crippen LogP contribution in [-0.2, 0) is 9.53 Å². The summed E-state index contributed by atoms with van der Waals surface area (Å²) in [5.41, 5.74) is 0.836. The highest BCUT2D eigenvalue weighted by atomic mass is 16.5. The van der Waals surface area contributed by atoms with Crippen molar-refractivity contribution in [1.29, 1.82) is 0 Å². The molecule has 0 bridgehead atoms. The second-order valence-electron chi connectivity index (χ2n) is 4.96. The summed E-state index contributed by atoms with van der Waals surface area (Å²) in [4.78, 5) is 11.8. The molecule has 0 unspecified atom stereocenters. The summed E-state index contributed by atoms with van der Waals surface area (Å²) in [5, 5.41) is 10.2. The number of carbonyl (C=O) groups excluding carboxylic acids is 1. The molecule has 82 valence electrons.